The van der Waals surface area contributed by atoms with Gasteiger partial charge < -0.3 is 5.32 Å². The Kier molecular flexibility index (Phi) is 4.69. The number of rotatable bonds is 4. The Morgan fingerprint density at radius 2 is 1.79 bits per heavy atom. The first-order valence-electron chi connectivity index (χ1n) is 8.78. The number of halogens is 1. The van der Waals surface area contributed by atoms with Crippen molar-refractivity contribution in [1.29, 1.82) is 0 Å². The highest BCUT2D eigenvalue weighted by molar-refractivity contribution is 7.13. The number of nitrogens with one attached hydrogen (secondary N) is 1. The van der Waals surface area contributed by atoms with Crippen LogP contribution in [0, 0.1) is 6.92 Å². The van der Waals surface area contributed by atoms with Crippen LogP contribution in [0.3, 0.4) is 0 Å². The van der Waals surface area contributed by atoms with Crippen molar-refractivity contribution in [3.63, 3.8) is 0 Å². The van der Waals surface area contributed by atoms with Crippen molar-refractivity contribution in [3.05, 3.63) is 75.8 Å². The number of benzene rings is 2. The second-order valence-electron chi connectivity index (χ2n) is 6.96. The average Bonchev–Trinajstić information content (AvgIpc) is 3.22. The van der Waals surface area contributed by atoms with Crippen molar-refractivity contribution in [1.82, 2.24) is 15.2 Å². The number of amides is 3. The van der Waals surface area contributed by atoms with Gasteiger partial charge in [-0.15, -0.1) is 11.3 Å². The summed E-state index contributed by atoms with van der Waals surface area (Å²) >= 11 is 7.43. The fourth-order valence-electron chi connectivity index (χ4n) is 3.19. The second kappa shape index (κ2) is 7.04. The average molecular weight is 412 g/mol. The fraction of sp³-hybridized carbons (Fsp3) is 0.190. The number of hydrogen-bond acceptors (Lipinski definition) is 4. The van der Waals surface area contributed by atoms with E-state index < -0.39 is 11.6 Å². The van der Waals surface area contributed by atoms with E-state index >= 15 is 0 Å². The van der Waals surface area contributed by atoms with Gasteiger partial charge in [0.1, 0.15) is 10.5 Å². The summed E-state index contributed by atoms with van der Waals surface area (Å²) in [7, 11) is 0. The Morgan fingerprint density at radius 1 is 1.11 bits per heavy atom. The highest BCUT2D eigenvalue weighted by Crippen LogP contribution is 2.31. The molecule has 142 valence electrons. The molecule has 2 aromatic carbocycles. The van der Waals surface area contributed by atoms with E-state index in [0.29, 0.717) is 16.3 Å². The molecule has 1 aliphatic heterocycles. The molecule has 0 spiro atoms. The molecule has 1 atom stereocenters. The summed E-state index contributed by atoms with van der Waals surface area (Å²) in [4.78, 5) is 31.3. The lowest BCUT2D eigenvalue weighted by molar-refractivity contribution is -0.131. The van der Waals surface area contributed by atoms with E-state index in [9.17, 15) is 9.59 Å². The van der Waals surface area contributed by atoms with Gasteiger partial charge in [-0.25, -0.2) is 9.78 Å². The number of hydrogen-bond donors (Lipinski definition) is 1. The first kappa shape index (κ1) is 18.7. The maximum Gasteiger partial charge on any atom is 0.325 e. The largest absolute Gasteiger partial charge is 0.325 e. The summed E-state index contributed by atoms with van der Waals surface area (Å²) in [6.45, 7) is 3.87. The molecule has 0 saturated carbocycles. The number of imide groups is 1. The van der Waals surface area contributed by atoms with Crippen LogP contribution >= 0.6 is 22.9 Å². The summed E-state index contributed by atoms with van der Waals surface area (Å²) in [6.07, 6.45) is 0. The third-order valence-electron chi connectivity index (χ3n) is 4.87. The molecular weight excluding hydrogens is 394 g/mol. The van der Waals surface area contributed by atoms with Crippen LogP contribution in [0.1, 0.15) is 23.7 Å². The minimum absolute atomic E-state index is 0.135. The molecule has 1 aromatic heterocycles. The molecule has 5 nitrogen and oxygen atoms in total. The lowest BCUT2D eigenvalue weighted by atomic mass is 9.92. The Bertz CT molecular complexity index is 1050. The number of carbonyl (C=O) groups excluding carboxylic acids is 2. The smallest absolute Gasteiger partial charge is 0.319 e. The standard InChI is InChI=1S/C21H18ClN3O2S/c1-13-3-5-14(6-4-13)18-23-17(12-28-18)11-25-19(26)21(2,24-20(25)27)15-7-9-16(22)10-8-15/h3-10,12H,11H2,1-2H3,(H,24,27)/t21-/m1/s1. The third-order valence-corrected chi connectivity index (χ3v) is 6.06. The van der Waals surface area contributed by atoms with E-state index in [1.807, 2.05) is 36.6 Å². The maximum atomic E-state index is 13.0. The van der Waals surface area contributed by atoms with E-state index in [1.54, 1.807) is 31.2 Å². The normalized spacial score (nSPS) is 19.2. The highest BCUT2D eigenvalue weighted by atomic mass is 35.5. The molecular formula is C21H18ClN3O2S. The van der Waals surface area contributed by atoms with Crippen LogP contribution in [0.4, 0.5) is 4.79 Å². The molecule has 0 bridgehead atoms. The van der Waals surface area contributed by atoms with Gasteiger partial charge in [0.2, 0.25) is 0 Å². The zero-order valence-corrected chi connectivity index (χ0v) is 17.0. The van der Waals surface area contributed by atoms with Crippen molar-refractivity contribution < 1.29 is 9.59 Å². The van der Waals surface area contributed by atoms with E-state index in [0.717, 1.165) is 10.6 Å². The molecule has 0 aliphatic carbocycles. The first-order chi connectivity index (χ1) is 13.4. The quantitative estimate of drug-likeness (QED) is 0.631. The van der Waals surface area contributed by atoms with E-state index in [-0.39, 0.29) is 12.5 Å². The summed E-state index contributed by atoms with van der Waals surface area (Å²) < 4.78 is 0. The fourth-order valence-corrected chi connectivity index (χ4v) is 4.13. The third kappa shape index (κ3) is 3.30. The van der Waals surface area contributed by atoms with Crippen LogP contribution in [-0.2, 0) is 16.9 Å². The first-order valence-corrected chi connectivity index (χ1v) is 10.0. The number of aromatic nitrogens is 1. The summed E-state index contributed by atoms with van der Waals surface area (Å²) in [5.41, 5.74) is 2.46. The molecule has 1 N–H and O–H groups in total. The van der Waals surface area contributed by atoms with Crippen molar-refractivity contribution in [3.8, 4) is 10.6 Å². The van der Waals surface area contributed by atoms with E-state index in [4.69, 9.17) is 11.6 Å². The van der Waals surface area contributed by atoms with Crippen molar-refractivity contribution in [2.45, 2.75) is 25.9 Å². The van der Waals surface area contributed by atoms with Crippen LogP contribution in [0.15, 0.2) is 53.9 Å². The van der Waals surface area contributed by atoms with Gasteiger partial charge in [-0.1, -0.05) is 53.6 Å². The van der Waals surface area contributed by atoms with E-state index in [2.05, 4.69) is 10.3 Å². The van der Waals surface area contributed by atoms with Crippen LogP contribution in [0.2, 0.25) is 5.02 Å². The molecule has 4 rings (SSSR count). The van der Waals surface area contributed by atoms with Crippen LogP contribution in [0.5, 0.6) is 0 Å². The second-order valence-corrected chi connectivity index (χ2v) is 8.26. The molecule has 7 heteroatoms. The Hall–Kier alpha value is -2.70. The number of thiazole rings is 1. The Balaban J connectivity index is 1.55. The van der Waals surface area contributed by atoms with Crippen LogP contribution in [0.25, 0.3) is 10.6 Å². The molecule has 3 amide bonds. The minimum Gasteiger partial charge on any atom is -0.319 e. The molecule has 3 aromatic rings. The van der Waals surface area contributed by atoms with Crippen molar-refractivity contribution >= 4 is 34.9 Å². The molecule has 28 heavy (non-hydrogen) atoms. The predicted molar refractivity (Wildman–Crippen MR) is 110 cm³/mol. The van der Waals surface area contributed by atoms with Gasteiger partial charge in [0.25, 0.3) is 5.91 Å². The Morgan fingerprint density at radius 3 is 2.46 bits per heavy atom. The summed E-state index contributed by atoms with van der Waals surface area (Å²) in [5, 5.41) is 6.12. The number of aryl methyl sites for hydroxylation is 1. The molecule has 0 unspecified atom stereocenters. The van der Waals surface area contributed by atoms with Gasteiger partial charge in [-0.2, -0.15) is 0 Å². The van der Waals surface area contributed by atoms with Gasteiger partial charge in [0.05, 0.1) is 12.2 Å². The zero-order valence-electron chi connectivity index (χ0n) is 15.4. The maximum absolute atomic E-state index is 13.0. The van der Waals surface area contributed by atoms with Crippen molar-refractivity contribution in [2.24, 2.45) is 0 Å². The Labute approximate surface area is 172 Å². The molecule has 1 aliphatic rings. The summed E-state index contributed by atoms with van der Waals surface area (Å²) in [5.74, 6) is -0.301. The molecule has 1 saturated heterocycles. The molecule has 1 fully saturated rings. The minimum atomic E-state index is -1.11. The van der Waals surface area contributed by atoms with Crippen LogP contribution in [-0.4, -0.2) is 21.8 Å². The van der Waals surface area contributed by atoms with Gasteiger partial charge >= 0.3 is 6.03 Å². The highest BCUT2D eigenvalue weighted by Gasteiger charge is 2.49. The zero-order chi connectivity index (χ0) is 19.9. The lowest BCUT2D eigenvalue weighted by Gasteiger charge is -2.22. The summed E-state index contributed by atoms with van der Waals surface area (Å²) in [6, 6.07) is 14.6. The van der Waals surface area contributed by atoms with Gasteiger partial charge in [-0.05, 0) is 31.5 Å². The van der Waals surface area contributed by atoms with Crippen LogP contribution < -0.4 is 5.32 Å². The topological polar surface area (TPSA) is 62.3 Å². The number of nitrogens with zero attached hydrogens (tertiary/aromatic N) is 2. The van der Waals surface area contributed by atoms with Gasteiger partial charge in [0, 0.05) is 16.0 Å². The van der Waals surface area contributed by atoms with Gasteiger partial charge in [-0.3, -0.25) is 9.69 Å². The SMILES string of the molecule is Cc1ccc(-c2nc(CN3C(=O)N[C@](C)(c4ccc(Cl)cc4)C3=O)cs2)cc1. The van der Waals surface area contributed by atoms with Gasteiger partial charge in [0.15, 0.2) is 0 Å². The predicted octanol–water partition coefficient (Wildman–Crippen LogP) is 4.74. The molecule has 0 radical (unpaired) electrons. The monoisotopic (exact) mass is 411 g/mol. The van der Waals surface area contributed by atoms with Crippen molar-refractivity contribution in [2.75, 3.05) is 0 Å². The van der Waals surface area contributed by atoms with E-state index in [1.165, 1.54) is 21.8 Å². The molecule has 2 heterocycles. The number of urea groups is 1. The lowest BCUT2D eigenvalue weighted by Crippen LogP contribution is -2.40. The number of carbonyl (C=O) groups is 2.